The predicted molar refractivity (Wildman–Crippen MR) is 62.6 cm³/mol. The average molecular weight is 236 g/mol. The fraction of sp³-hybridized carbons (Fsp3) is 0.462. The first-order chi connectivity index (χ1) is 8.16. The standard InChI is InChI=1S/C13H16O4/c1-3-13(7-14)8-17-11-6-9(16-2)4-5-10(11)12(13)15/h4-6,14H,3,7-8H2,1-2H3. The summed E-state index contributed by atoms with van der Waals surface area (Å²) in [7, 11) is 1.57. The van der Waals surface area contributed by atoms with Crippen LogP contribution in [-0.4, -0.2) is 31.2 Å². The van der Waals surface area contributed by atoms with Gasteiger partial charge in [0.1, 0.15) is 18.1 Å². The number of aliphatic hydroxyl groups excluding tert-OH is 1. The largest absolute Gasteiger partial charge is 0.497 e. The fourth-order valence-electron chi connectivity index (χ4n) is 2.00. The van der Waals surface area contributed by atoms with Crippen molar-refractivity contribution in [2.24, 2.45) is 5.41 Å². The molecule has 0 aliphatic carbocycles. The van der Waals surface area contributed by atoms with Gasteiger partial charge in [0.05, 0.1) is 24.7 Å². The Morgan fingerprint density at radius 1 is 1.53 bits per heavy atom. The molecule has 1 atom stereocenters. The van der Waals surface area contributed by atoms with Crippen LogP contribution >= 0.6 is 0 Å². The maximum atomic E-state index is 12.3. The lowest BCUT2D eigenvalue weighted by Gasteiger charge is -2.34. The Morgan fingerprint density at radius 2 is 2.29 bits per heavy atom. The Bertz CT molecular complexity index is 435. The lowest BCUT2D eigenvalue weighted by atomic mass is 9.77. The molecule has 92 valence electrons. The third-order valence-electron chi connectivity index (χ3n) is 3.40. The molecule has 0 spiro atoms. The molecular formula is C13H16O4. The van der Waals surface area contributed by atoms with E-state index in [-0.39, 0.29) is 19.0 Å². The molecule has 1 unspecified atom stereocenters. The summed E-state index contributed by atoms with van der Waals surface area (Å²) >= 11 is 0. The second kappa shape index (κ2) is 4.37. The zero-order chi connectivity index (χ0) is 12.5. The molecular weight excluding hydrogens is 220 g/mol. The smallest absolute Gasteiger partial charge is 0.178 e. The number of aliphatic hydroxyl groups is 1. The van der Waals surface area contributed by atoms with Crippen molar-refractivity contribution in [3.8, 4) is 11.5 Å². The number of hydrogen-bond acceptors (Lipinski definition) is 4. The van der Waals surface area contributed by atoms with Gasteiger partial charge in [-0.15, -0.1) is 0 Å². The molecule has 0 saturated heterocycles. The highest BCUT2D eigenvalue weighted by Gasteiger charge is 2.42. The molecule has 1 aliphatic rings. The molecule has 17 heavy (non-hydrogen) atoms. The first-order valence-corrected chi connectivity index (χ1v) is 5.63. The van der Waals surface area contributed by atoms with Crippen LogP contribution in [0.2, 0.25) is 0 Å². The molecule has 0 radical (unpaired) electrons. The van der Waals surface area contributed by atoms with E-state index in [9.17, 15) is 9.90 Å². The van der Waals surface area contributed by atoms with E-state index in [1.807, 2.05) is 6.92 Å². The summed E-state index contributed by atoms with van der Waals surface area (Å²) in [4.78, 5) is 12.3. The van der Waals surface area contributed by atoms with Crippen molar-refractivity contribution < 1.29 is 19.4 Å². The number of hydrogen-bond donors (Lipinski definition) is 1. The van der Waals surface area contributed by atoms with E-state index < -0.39 is 5.41 Å². The van der Waals surface area contributed by atoms with Gasteiger partial charge in [-0.25, -0.2) is 0 Å². The van der Waals surface area contributed by atoms with Gasteiger partial charge in [-0.1, -0.05) is 6.92 Å². The minimum Gasteiger partial charge on any atom is -0.497 e. The van der Waals surface area contributed by atoms with Gasteiger partial charge in [0, 0.05) is 6.07 Å². The Labute approximate surface area is 100 Å². The first-order valence-electron chi connectivity index (χ1n) is 5.63. The van der Waals surface area contributed by atoms with Crippen molar-refractivity contribution >= 4 is 5.78 Å². The molecule has 1 N–H and O–H groups in total. The van der Waals surface area contributed by atoms with Gasteiger partial charge >= 0.3 is 0 Å². The third kappa shape index (κ3) is 1.78. The monoisotopic (exact) mass is 236 g/mol. The number of rotatable bonds is 3. The van der Waals surface area contributed by atoms with Gasteiger partial charge in [0.2, 0.25) is 0 Å². The predicted octanol–water partition coefficient (Wildman–Crippen LogP) is 1.66. The Morgan fingerprint density at radius 3 is 2.88 bits per heavy atom. The zero-order valence-electron chi connectivity index (χ0n) is 10.0. The van der Waals surface area contributed by atoms with Crippen molar-refractivity contribution in [1.82, 2.24) is 0 Å². The lowest BCUT2D eigenvalue weighted by molar-refractivity contribution is 0.0366. The van der Waals surface area contributed by atoms with Crippen LogP contribution < -0.4 is 9.47 Å². The highest BCUT2D eigenvalue weighted by Crippen LogP contribution is 2.38. The third-order valence-corrected chi connectivity index (χ3v) is 3.40. The Kier molecular flexibility index (Phi) is 3.07. The van der Waals surface area contributed by atoms with Crippen molar-refractivity contribution in [2.45, 2.75) is 13.3 Å². The van der Waals surface area contributed by atoms with Crippen LogP contribution in [0.4, 0.5) is 0 Å². The molecule has 4 heteroatoms. The minimum absolute atomic E-state index is 0.0496. The van der Waals surface area contributed by atoms with E-state index in [4.69, 9.17) is 9.47 Å². The summed E-state index contributed by atoms with van der Waals surface area (Å²) in [5.74, 6) is 1.14. The van der Waals surface area contributed by atoms with E-state index in [0.29, 0.717) is 23.5 Å². The summed E-state index contributed by atoms with van der Waals surface area (Å²) in [5, 5.41) is 9.41. The van der Waals surface area contributed by atoms with Crippen LogP contribution in [-0.2, 0) is 0 Å². The fourth-order valence-corrected chi connectivity index (χ4v) is 2.00. The molecule has 0 fully saturated rings. The molecule has 0 saturated carbocycles. The summed E-state index contributed by atoms with van der Waals surface area (Å²) < 4.78 is 10.7. The number of ether oxygens (including phenoxy) is 2. The summed E-state index contributed by atoms with van der Waals surface area (Å²) in [6.07, 6.45) is 0.563. The van der Waals surface area contributed by atoms with Crippen LogP contribution in [0.5, 0.6) is 11.5 Å². The Hall–Kier alpha value is -1.55. The average Bonchev–Trinajstić information content (AvgIpc) is 2.39. The summed E-state index contributed by atoms with van der Waals surface area (Å²) in [5.41, 5.74) is -0.269. The molecule has 1 aromatic rings. The van der Waals surface area contributed by atoms with E-state index in [2.05, 4.69) is 0 Å². The number of carbonyl (C=O) groups is 1. The minimum atomic E-state index is -0.790. The number of benzene rings is 1. The van der Waals surface area contributed by atoms with Gasteiger partial charge in [0.15, 0.2) is 5.78 Å². The highest BCUT2D eigenvalue weighted by atomic mass is 16.5. The zero-order valence-corrected chi connectivity index (χ0v) is 10.0. The molecule has 0 amide bonds. The van der Waals surface area contributed by atoms with Crippen molar-refractivity contribution in [1.29, 1.82) is 0 Å². The van der Waals surface area contributed by atoms with Crippen molar-refractivity contribution in [2.75, 3.05) is 20.3 Å². The van der Waals surface area contributed by atoms with Crippen LogP contribution in [0.3, 0.4) is 0 Å². The molecule has 1 aliphatic heterocycles. The maximum Gasteiger partial charge on any atom is 0.178 e. The molecule has 4 nitrogen and oxygen atoms in total. The first kappa shape index (κ1) is 11.9. The SMILES string of the molecule is CCC1(CO)COc2cc(OC)ccc2C1=O. The Balaban J connectivity index is 2.43. The van der Waals surface area contributed by atoms with E-state index >= 15 is 0 Å². The van der Waals surface area contributed by atoms with Crippen LogP contribution in [0, 0.1) is 5.41 Å². The van der Waals surface area contributed by atoms with Crippen molar-refractivity contribution in [3.05, 3.63) is 23.8 Å². The van der Waals surface area contributed by atoms with E-state index in [1.165, 1.54) is 0 Å². The van der Waals surface area contributed by atoms with Gasteiger partial charge in [-0.05, 0) is 18.6 Å². The number of methoxy groups -OCH3 is 1. The second-order valence-electron chi connectivity index (χ2n) is 4.27. The number of Topliss-reactive ketones (excluding diaryl/α,β-unsaturated/α-hetero) is 1. The maximum absolute atomic E-state index is 12.3. The van der Waals surface area contributed by atoms with Gasteiger partial charge < -0.3 is 14.6 Å². The summed E-state index contributed by atoms with van der Waals surface area (Å²) in [6.45, 7) is 1.92. The molecule has 0 aromatic heterocycles. The van der Waals surface area contributed by atoms with Crippen LogP contribution in [0.15, 0.2) is 18.2 Å². The normalized spacial score (nSPS) is 22.9. The van der Waals surface area contributed by atoms with Gasteiger partial charge in [-0.3, -0.25) is 4.79 Å². The van der Waals surface area contributed by atoms with Gasteiger partial charge in [-0.2, -0.15) is 0 Å². The highest BCUT2D eigenvalue weighted by molar-refractivity contribution is 6.04. The second-order valence-corrected chi connectivity index (χ2v) is 4.27. The number of fused-ring (bicyclic) bond motifs is 1. The van der Waals surface area contributed by atoms with Gasteiger partial charge in [0.25, 0.3) is 0 Å². The number of ketones is 1. The molecule has 0 bridgehead atoms. The van der Waals surface area contributed by atoms with E-state index in [0.717, 1.165) is 0 Å². The summed E-state index contributed by atoms with van der Waals surface area (Å²) in [6, 6.07) is 5.11. The molecule has 1 heterocycles. The van der Waals surface area contributed by atoms with Crippen molar-refractivity contribution in [3.63, 3.8) is 0 Å². The quantitative estimate of drug-likeness (QED) is 0.867. The lowest BCUT2D eigenvalue weighted by Crippen LogP contribution is -2.43. The van der Waals surface area contributed by atoms with E-state index in [1.54, 1.807) is 25.3 Å². The molecule has 2 rings (SSSR count). The topological polar surface area (TPSA) is 55.8 Å². The number of carbonyl (C=O) groups excluding carboxylic acids is 1. The van der Waals surface area contributed by atoms with Crippen LogP contribution in [0.25, 0.3) is 0 Å². The van der Waals surface area contributed by atoms with Crippen LogP contribution in [0.1, 0.15) is 23.7 Å². The molecule has 1 aromatic carbocycles.